The van der Waals surface area contributed by atoms with Crippen LogP contribution in [0.25, 0.3) is 21.9 Å². The molecule has 1 N–H and O–H groups in total. The van der Waals surface area contributed by atoms with E-state index in [1.165, 1.54) is 42.7 Å². The third kappa shape index (κ3) is 5.26. The lowest BCUT2D eigenvalue weighted by atomic mass is 9.84. The lowest BCUT2D eigenvalue weighted by molar-refractivity contribution is 0.0597. The van der Waals surface area contributed by atoms with Gasteiger partial charge in [-0.05, 0) is 24.1 Å². The number of hydrogen-bond donors (Lipinski definition) is 1. The number of hydrogen-bond acceptors (Lipinski definition) is 9. The van der Waals surface area contributed by atoms with E-state index in [2.05, 4.69) is 0 Å². The van der Waals surface area contributed by atoms with Gasteiger partial charge < -0.3 is 33.5 Å². The maximum atomic E-state index is 13.8. The summed E-state index contributed by atoms with van der Waals surface area (Å²) in [5.41, 5.74) is 0.487. The minimum Gasteiger partial charge on any atom is -0.507 e. The standard InChI is InChI=1S/C30H36O9/c1-9-16(10-2)13-20(31)25-26(30(33)39-8)23(18-12-11-17(34-3)14-21(18)35-4)24-19(27(25)32)15-22(36-5)28(37-6)29(24)38-7/h11-12,14-16,32H,9-10,13H2,1-8H3. The highest BCUT2D eigenvalue weighted by Crippen LogP contribution is 2.53. The molecule has 0 unspecified atom stereocenters. The third-order valence-electron chi connectivity index (χ3n) is 7.05. The van der Waals surface area contributed by atoms with Crippen molar-refractivity contribution >= 4 is 22.5 Å². The molecular weight excluding hydrogens is 504 g/mol. The number of phenolic OH excluding ortho intramolecular Hbond substituents is 1. The van der Waals surface area contributed by atoms with Crippen molar-refractivity contribution in [1.82, 2.24) is 0 Å². The molecule has 0 aliphatic rings. The van der Waals surface area contributed by atoms with Crippen LogP contribution in [0.2, 0.25) is 0 Å². The summed E-state index contributed by atoms with van der Waals surface area (Å²) in [6, 6.07) is 6.63. The maximum Gasteiger partial charge on any atom is 0.339 e. The van der Waals surface area contributed by atoms with E-state index in [1.807, 2.05) is 13.8 Å². The molecule has 0 amide bonds. The summed E-state index contributed by atoms with van der Waals surface area (Å²) in [5, 5.41) is 12.2. The van der Waals surface area contributed by atoms with Crippen molar-refractivity contribution in [3.05, 3.63) is 35.4 Å². The fourth-order valence-corrected chi connectivity index (χ4v) is 4.89. The predicted molar refractivity (Wildman–Crippen MR) is 148 cm³/mol. The first kappa shape index (κ1) is 29.4. The van der Waals surface area contributed by atoms with E-state index in [-0.39, 0.29) is 63.2 Å². The molecule has 0 saturated carbocycles. The molecular formula is C30H36O9. The molecule has 0 radical (unpaired) electrons. The second kappa shape index (κ2) is 12.6. The van der Waals surface area contributed by atoms with Gasteiger partial charge in [-0.25, -0.2) is 4.79 Å². The molecule has 3 aromatic carbocycles. The number of carbonyl (C=O) groups excluding carboxylic acids is 2. The number of phenols is 1. The van der Waals surface area contributed by atoms with Crippen molar-refractivity contribution in [2.45, 2.75) is 33.1 Å². The lowest BCUT2D eigenvalue weighted by Gasteiger charge is -2.23. The van der Waals surface area contributed by atoms with E-state index in [1.54, 1.807) is 24.3 Å². The first-order chi connectivity index (χ1) is 18.8. The molecule has 0 aliphatic heterocycles. The Morgan fingerprint density at radius 2 is 1.44 bits per heavy atom. The lowest BCUT2D eigenvalue weighted by Crippen LogP contribution is -2.16. The summed E-state index contributed by atoms with van der Waals surface area (Å²) in [7, 11) is 8.58. The monoisotopic (exact) mass is 540 g/mol. The van der Waals surface area contributed by atoms with Gasteiger partial charge in [0.2, 0.25) is 5.75 Å². The highest BCUT2D eigenvalue weighted by Gasteiger charge is 2.34. The Morgan fingerprint density at radius 1 is 0.795 bits per heavy atom. The molecule has 0 aromatic heterocycles. The quantitative estimate of drug-likeness (QED) is 0.217. The number of ketones is 1. The Morgan fingerprint density at radius 3 is 1.95 bits per heavy atom. The summed E-state index contributed by atoms with van der Waals surface area (Å²) < 4.78 is 33.2. The van der Waals surface area contributed by atoms with E-state index in [0.717, 1.165) is 12.8 Å². The molecule has 0 spiro atoms. The van der Waals surface area contributed by atoms with Gasteiger partial charge in [-0.15, -0.1) is 0 Å². The molecule has 3 rings (SSSR count). The summed E-state index contributed by atoms with van der Waals surface area (Å²) in [6.07, 6.45) is 1.67. The van der Waals surface area contributed by atoms with Crippen molar-refractivity contribution in [3.63, 3.8) is 0 Å². The van der Waals surface area contributed by atoms with E-state index in [9.17, 15) is 14.7 Å². The molecule has 210 valence electrons. The Labute approximate surface area is 228 Å². The highest BCUT2D eigenvalue weighted by molar-refractivity contribution is 6.22. The van der Waals surface area contributed by atoms with Crippen LogP contribution >= 0.6 is 0 Å². The fraction of sp³-hybridized carbons (Fsp3) is 0.400. The first-order valence-corrected chi connectivity index (χ1v) is 12.6. The minimum atomic E-state index is -0.801. The van der Waals surface area contributed by atoms with E-state index in [0.29, 0.717) is 22.4 Å². The number of aromatic hydroxyl groups is 1. The Hall–Kier alpha value is -4.14. The van der Waals surface area contributed by atoms with E-state index < -0.39 is 5.97 Å². The van der Waals surface area contributed by atoms with Crippen molar-refractivity contribution in [2.24, 2.45) is 5.92 Å². The largest absolute Gasteiger partial charge is 0.507 e. The van der Waals surface area contributed by atoms with Crippen LogP contribution in [0.5, 0.6) is 34.5 Å². The number of carbonyl (C=O) groups is 2. The second-order valence-electron chi connectivity index (χ2n) is 8.91. The van der Waals surface area contributed by atoms with Crippen molar-refractivity contribution in [3.8, 4) is 45.6 Å². The maximum absolute atomic E-state index is 13.8. The molecule has 9 heteroatoms. The number of methoxy groups -OCH3 is 6. The molecule has 0 saturated heterocycles. The van der Waals surface area contributed by atoms with E-state index >= 15 is 0 Å². The summed E-state index contributed by atoms with van der Waals surface area (Å²) in [4.78, 5) is 27.3. The average Bonchev–Trinajstić information content (AvgIpc) is 2.97. The third-order valence-corrected chi connectivity index (χ3v) is 7.05. The summed E-state index contributed by atoms with van der Waals surface area (Å²) in [6.45, 7) is 4.00. The van der Waals surface area contributed by atoms with Crippen LogP contribution in [0.15, 0.2) is 24.3 Å². The molecule has 0 fully saturated rings. The van der Waals surface area contributed by atoms with Gasteiger partial charge in [0, 0.05) is 34.4 Å². The molecule has 0 heterocycles. The Kier molecular flexibility index (Phi) is 9.51. The van der Waals surface area contributed by atoms with Crippen LogP contribution in [0, 0.1) is 5.92 Å². The van der Waals surface area contributed by atoms with Crippen molar-refractivity contribution < 1.29 is 43.1 Å². The van der Waals surface area contributed by atoms with Gasteiger partial charge in [-0.1, -0.05) is 26.7 Å². The second-order valence-corrected chi connectivity index (χ2v) is 8.91. The summed E-state index contributed by atoms with van der Waals surface area (Å²) >= 11 is 0. The molecule has 0 bridgehead atoms. The zero-order valence-electron chi connectivity index (χ0n) is 23.7. The van der Waals surface area contributed by atoms with Crippen molar-refractivity contribution in [2.75, 3.05) is 42.7 Å². The number of esters is 1. The molecule has 39 heavy (non-hydrogen) atoms. The number of rotatable bonds is 12. The van der Waals surface area contributed by atoms with Gasteiger partial charge >= 0.3 is 5.97 Å². The van der Waals surface area contributed by atoms with Crippen LogP contribution in [0.3, 0.4) is 0 Å². The number of Topliss-reactive ketones (excluding diaryl/α,β-unsaturated/α-hetero) is 1. The van der Waals surface area contributed by atoms with Gasteiger partial charge in [0.25, 0.3) is 0 Å². The first-order valence-electron chi connectivity index (χ1n) is 12.6. The Balaban J connectivity index is 2.68. The van der Waals surface area contributed by atoms with Gasteiger partial charge in [-0.3, -0.25) is 4.79 Å². The Bertz CT molecular complexity index is 1370. The smallest absolute Gasteiger partial charge is 0.339 e. The van der Waals surface area contributed by atoms with Gasteiger partial charge in [0.15, 0.2) is 17.3 Å². The highest BCUT2D eigenvalue weighted by atomic mass is 16.5. The van der Waals surface area contributed by atoms with Gasteiger partial charge in [0.1, 0.15) is 17.2 Å². The summed E-state index contributed by atoms with van der Waals surface area (Å²) in [5.74, 6) is 0.0987. The zero-order valence-corrected chi connectivity index (χ0v) is 23.7. The fourth-order valence-electron chi connectivity index (χ4n) is 4.89. The van der Waals surface area contributed by atoms with Crippen LogP contribution in [0.4, 0.5) is 0 Å². The normalized spacial score (nSPS) is 10.9. The number of fused-ring (bicyclic) bond motifs is 1. The SMILES string of the molecule is CCC(CC)CC(=O)c1c(C(=O)OC)c(-c2ccc(OC)cc2OC)c2c(OC)c(OC)c(OC)cc2c1O. The molecule has 9 nitrogen and oxygen atoms in total. The number of ether oxygens (including phenoxy) is 6. The molecule has 3 aromatic rings. The molecule has 0 aliphatic carbocycles. The van der Waals surface area contributed by atoms with Crippen LogP contribution in [0.1, 0.15) is 53.8 Å². The minimum absolute atomic E-state index is 0.0667. The van der Waals surface area contributed by atoms with Crippen LogP contribution in [-0.4, -0.2) is 59.5 Å². The van der Waals surface area contributed by atoms with Crippen molar-refractivity contribution in [1.29, 1.82) is 0 Å². The topological polar surface area (TPSA) is 110 Å². The van der Waals surface area contributed by atoms with Gasteiger partial charge in [0.05, 0.1) is 53.8 Å². The zero-order chi connectivity index (χ0) is 28.9. The van der Waals surface area contributed by atoms with E-state index in [4.69, 9.17) is 28.4 Å². The average molecular weight is 541 g/mol. The number of benzene rings is 3. The van der Waals surface area contributed by atoms with Crippen LogP contribution < -0.4 is 23.7 Å². The predicted octanol–water partition coefficient (Wildman–Crippen LogP) is 6.05. The molecule has 0 atom stereocenters. The van der Waals surface area contributed by atoms with Gasteiger partial charge in [-0.2, -0.15) is 0 Å². The van der Waals surface area contributed by atoms with Crippen LogP contribution in [-0.2, 0) is 4.74 Å².